The molecule has 2 aliphatic rings. The Morgan fingerprint density at radius 1 is 1.29 bits per heavy atom. The predicted octanol–water partition coefficient (Wildman–Crippen LogP) is 1.88. The maximum absolute atomic E-state index is 5.87. The molecule has 2 atom stereocenters. The van der Waals surface area contributed by atoms with Gasteiger partial charge in [0.2, 0.25) is 0 Å². The fourth-order valence-electron chi connectivity index (χ4n) is 3.05. The van der Waals surface area contributed by atoms with Crippen LogP contribution in [0.5, 0.6) is 0 Å². The van der Waals surface area contributed by atoms with Gasteiger partial charge in [-0.2, -0.15) is 0 Å². The lowest BCUT2D eigenvalue weighted by Gasteiger charge is -2.37. The first kappa shape index (κ1) is 15.0. The standard InChI is InChI=1S/C15H22ClN3O2/c16-13-1-2-15(17-9-13)18-10-14(12-3-6-21-11-12)19-4-7-20-8-5-19/h1-2,9,12,14H,3-8,10-11H2,(H,17,18)/t12-,14-/m1/s1. The second-order valence-corrected chi connectivity index (χ2v) is 6.02. The Kier molecular flexibility index (Phi) is 5.30. The third kappa shape index (κ3) is 4.07. The Balaban J connectivity index is 1.62. The van der Waals surface area contributed by atoms with Gasteiger partial charge >= 0.3 is 0 Å². The van der Waals surface area contributed by atoms with E-state index in [0.29, 0.717) is 17.0 Å². The van der Waals surface area contributed by atoms with E-state index < -0.39 is 0 Å². The largest absolute Gasteiger partial charge is 0.381 e. The second-order valence-electron chi connectivity index (χ2n) is 5.58. The lowest BCUT2D eigenvalue weighted by Crippen LogP contribution is -2.50. The average molecular weight is 312 g/mol. The molecule has 2 fully saturated rings. The molecule has 0 aliphatic carbocycles. The number of rotatable bonds is 5. The highest BCUT2D eigenvalue weighted by Crippen LogP contribution is 2.22. The molecule has 2 aliphatic heterocycles. The minimum atomic E-state index is 0.467. The van der Waals surface area contributed by atoms with Gasteiger partial charge in [0.1, 0.15) is 5.82 Å². The summed E-state index contributed by atoms with van der Waals surface area (Å²) < 4.78 is 11.0. The first-order chi connectivity index (χ1) is 10.3. The molecule has 0 bridgehead atoms. The van der Waals surface area contributed by atoms with Crippen LogP contribution in [0.15, 0.2) is 18.3 Å². The molecule has 1 aromatic rings. The summed E-state index contributed by atoms with van der Waals surface area (Å²) in [6.45, 7) is 6.26. The normalized spacial score (nSPS) is 24.9. The number of morpholine rings is 1. The zero-order chi connectivity index (χ0) is 14.5. The molecule has 0 aromatic carbocycles. The van der Waals surface area contributed by atoms with Crippen LogP contribution in [0.1, 0.15) is 6.42 Å². The maximum Gasteiger partial charge on any atom is 0.126 e. The molecule has 6 heteroatoms. The Bertz CT molecular complexity index is 431. The minimum Gasteiger partial charge on any atom is -0.381 e. The number of halogens is 1. The molecule has 0 amide bonds. The first-order valence-corrected chi connectivity index (χ1v) is 7.96. The van der Waals surface area contributed by atoms with E-state index in [1.54, 1.807) is 6.20 Å². The highest BCUT2D eigenvalue weighted by Gasteiger charge is 2.31. The summed E-state index contributed by atoms with van der Waals surface area (Å²) in [5.74, 6) is 1.46. The van der Waals surface area contributed by atoms with Crippen LogP contribution in [0, 0.1) is 5.92 Å². The molecule has 116 valence electrons. The Morgan fingerprint density at radius 3 is 2.81 bits per heavy atom. The molecule has 1 N–H and O–H groups in total. The van der Waals surface area contributed by atoms with E-state index in [1.165, 1.54) is 0 Å². The van der Waals surface area contributed by atoms with Crippen LogP contribution in [0.25, 0.3) is 0 Å². The lowest BCUT2D eigenvalue weighted by molar-refractivity contribution is 0.00460. The zero-order valence-corrected chi connectivity index (χ0v) is 12.9. The summed E-state index contributed by atoms with van der Waals surface area (Å²) in [7, 11) is 0. The average Bonchev–Trinajstić information content (AvgIpc) is 3.05. The molecule has 21 heavy (non-hydrogen) atoms. The molecule has 0 saturated carbocycles. The third-order valence-electron chi connectivity index (χ3n) is 4.24. The SMILES string of the molecule is Clc1ccc(NC[C@H]([C@@H]2CCOC2)N2CCOCC2)nc1. The van der Waals surface area contributed by atoms with E-state index in [-0.39, 0.29) is 0 Å². The van der Waals surface area contributed by atoms with Crippen LogP contribution < -0.4 is 5.32 Å². The van der Waals surface area contributed by atoms with Crippen molar-refractivity contribution in [2.24, 2.45) is 5.92 Å². The number of ether oxygens (including phenoxy) is 2. The van der Waals surface area contributed by atoms with Crippen molar-refractivity contribution in [3.63, 3.8) is 0 Å². The van der Waals surface area contributed by atoms with Crippen LogP contribution >= 0.6 is 11.6 Å². The molecule has 3 rings (SSSR count). The Morgan fingerprint density at radius 2 is 2.14 bits per heavy atom. The summed E-state index contributed by atoms with van der Waals surface area (Å²) in [5, 5.41) is 4.10. The van der Waals surface area contributed by atoms with Gasteiger partial charge in [-0.05, 0) is 18.6 Å². The molecular weight excluding hydrogens is 290 g/mol. The number of hydrogen-bond acceptors (Lipinski definition) is 5. The molecule has 5 nitrogen and oxygen atoms in total. The highest BCUT2D eigenvalue weighted by atomic mass is 35.5. The van der Waals surface area contributed by atoms with Gasteiger partial charge in [0.05, 0.1) is 24.8 Å². The minimum absolute atomic E-state index is 0.467. The number of nitrogens with one attached hydrogen (secondary N) is 1. The van der Waals surface area contributed by atoms with Crippen LogP contribution in [-0.2, 0) is 9.47 Å². The smallest absolute Gasteiger partial charge is 0.126 e. The molecule has 0 radical (unpaired) electrons. The van der Waals surface area contributed by atoms with Crippen LogP contribution in [0.3, 0.4) is 0 Å². The third-order valence-corrected chi connectivity index (χ3v) is 4.47. The molecule has 1 aromatic heterocycles. The van der Waals surface area contributed by atoms with Gasteiger partial charge in [-0.15, -0.1) is 0 Å². The first-order valence-electron chi connectivity index (χ1n) is 7.58. The van der Waals surface area contributed by atoms with Crippen molar-refractivity contribution in [1.29, 1.82) is 0 Å². The summed E-state index contributed by atoms with van der Waals surface area (Å²) in [4.78, 5) is 6.82. The molecule has 0 unspecified atom stereocenters. The molecular formula is C15H22ClN3O2. The van der Waals surface area contributed by atoms with Gasteiger partial charge in [0, 0.05) is 44.4 Å². The van der Waals surface area contributed by atoms with E-state index in [2.05, 4.69) is 15.2 Å². The number of nitrogens with zero attached hydrogens (tertiary/aromatic N) is 2. The van der Waals surface area contributed by atoms with E-state index in [4.69, 9.17) is 21.1 Å². The van der Waals surface area contributed by atoms with E-state index in [1.807, 2.05) is 12.1 Å². The van der Waals surface area contributed by atoms with Crippen LogP contribution in [-0.4, -0.2) is 62.0 Å². The van der Waals surface area contributed by atoms with Crippen LogP contribution in [0.4, 0.5) is 5.82 Å². The summed E-state index contributed by atoms with van der Waals surface area (Å²) >= 11 is 5.87. The fourth-order valence-corrected chi connectivity index (χ4v) is 3.16. The van der Waals surface area contributed by atoms with Crippen molar-refractivity contribution in [1.82, 2.24) is 9.88 Å². The van der Waals surface area contributed by atoms with Crippen molar-refractivity contribution in [3.8, 4) is 0 Å². The van der Waals surface area contributed by atoms with Crippen LogP contribution in [0.2, 0.25) is 5.02 Å². The van der Waals surface area contributed by atoms with Crippen molar-refractivity contribution >= 4 is 17.4 Å². The van der Waals surface area contributed by atoms with Crippen molar-refractivity contribution in [2.75, 3.05) is 51.4 Å². The molecule has 3 heterocycles. The van der Waals surface area contributed by atoms with Crippen molar-refractivity contribution in [2.45, 2.75) is 12.5 Å². The van der Waals surface area contributed by atoms with E-state index >= 15 is 0 Å². The topological polar surface area (TPSA) is 46.6 Å². The summed E-state index contributed by atoms with van der Waals surface area (Å²) in [6.07, 6.45) is 2.81. The Hall–Kier alpha value is -0.880. The van der Waals surface area contributed by atoms with Gasteiger partial charge in [0.25, 0.3) is 0 Å². The zero-order valence-electron chi connectivity index (χ0n) is 12.1. The fraction of sp³-hybridized carbons (Fsp3) is 0.667. The second kappa shape index (κ2) is 7.40. The van der Waals surface area contributed by atoms with Gasteiger partial charge in [-0.1, -0.05) is 11.6 Å². The predicted molar refractivity (Wildman–Crippen MR) is 82.8 cm³/mol. The Labute approximate surface area is 130 Å². The number of aromatic nitrogens is 1. The number of hydrogen-bond donors (Lipinski definition) is 1. The number of pyridine rings is 1. The summed E-state index contributed by atoms with van der Waals surface area (Å²) in [5.41, 5.74) is 0. The van der Waals surface area contributed by atoms with Gasteiger partial charge in [-0.25, -0.2) is 4.98 Å². The lowest BCUT2D eigenvalue weighted by atomic mass is 9.97. The van der Waals surface area contributed by atoms with Gasteiger partial charge < -0.3 is 14.8 Å². The highest BCUT2D eigenvalue weighted by molar-refractivity contribution is 6.30. The summed E-state index contributed by atoms with van der Waals surface area (Å²) in [6, 6.07) is 4.25. The monoisotopic (exact) mass is 311 g/mol. The quantitative estimate of drug-likeness (QED) is 0.900. The van der Waals surface area contributed by atoms with E-state index in [0.717, 1.165) is 58.3 Å². The van der Waals surface area contributed by atoms with Gasteiger partial charge in [0.15, 0.2) is 0 Å². The number of anilines is 1. The molecule has 2 saturated heterocycles. The maximum atomic E-state index is 5.87. The van der Waals surface area contributed by atoms with Gasteiger partial charge in [-0.3, -0.25) is 4.90 Å². The van der Waals surface area contributed by atoms with Crippen molar-refractivity contribution in [3.05, 3.63) is 23.4 Å². The van der Waals surface area contributed by atoms with Crippen molar-refractivity contribution < 1.29 is 9.47 Å². The molecule has 0 spiro atoms. The van der Waals surface area contributed by atoms with E-state index in [9.17, 15) is 0 Å².